The Morgan fingerprint density at radius 3 is 2.21 bits per heavy atom. The largest absolute Gasteiger partial charge is 0.481 e. The van der Waals surface area contributed by atoms with Crippen molar-refractivity contribution >= 4 is 17.7 Å². The van der Waals surface area contributed by atoms with Gasteiger partial charge < -0.3 is 10.1 Å². The van der Waals surface area contributed by atoms with Crippen molar-refractivity contribution in [2.75, 3.05) is 0 Å². The van der Waals surface area contributed by atoms with Crippen LogP contribution in [-0.4, -0.2) is 23.8 Å². The highest BCUT2D eigenvalue weighted by Crippen LogP contribution is 2.13. The number of carbonyl (C=O) groups is 3. The summed E-state index contributed by atoms with van der Waals surface area (Å²) in [5.74, 6) is -0.607. The topological polar surface area (TPSA) is 96.5 Å². The highest BCUT2D eigenvalue weighted by atomic mass is 16.5. The summed E-state index contributed by atoms with van der Waals surface area (Å²) in [6.45, 7) is 3.95. The molecule has 0 saturated heterocycles. The smallest absolute Gasteiger partial charge is 0.279 e. The highest BCUT2D eigenvalue weighted by molar-refractivity contribution is 5.86. The molecule has 2 rings (SSSR count). The first-order valence-electron chi connectivity index (χ1n) is 9.06. The summed E-state index contributed by atoms with van der Waals surface area (Å²) in [6, 6.07) is 16.8. The number of hydrogen-bond acceptors (Lipinski definition) is 4. The second-order valence-corrected chi connectivity index (χ2v) is 6.37. The average molecular weight is 383 g/mol. The predicted octanol–water partition coefficient (Wildman–Crippen LogP) is 2.01. The van der Waals surface area contributed by atoms with E-state index < -0.39 is 17.9 Å². The molecule has 7 heteroatoms. The minimum atomic E-state index is -0.780. The van der Waals surface area contributed by atoms with Gasteiger partial charge in [-0.1, -0.05) is 48.0 Å². The molecule has 2 aromatic rings. The van der Waals surface area contributed by atoms with Crippen molar-refractivity contribution in [2.24, 2.45) is 0 Å². The molecule has 0 radical (unpaired) electrons. The maximum absolute atomic E-state index is 12.0. The third-order valence-corrected chi connectivity index (χ3v) is 3.94. The summed E-state index contributed by atoms with van der Waals surface area (Å²) in [7, 11) is 0. The molecule has 0 saturated carbocycles. The van der Waals surface area contributed by atoms with Gasteiger partial charge in [-0.25, -0.2) is 0 Å². The molecular formula is C21H25N3O4. The second kappa shape index (κ2) is 10.7. The molecule has 0 aromatic heterocycles. The molecule has 3 amide bonds. The van der Waals surface area contributed by atoms with Gasteiger partial charge in [0.2, 0.25) is 11.8 Å². The van der Waals surface area contributed by atoms with Crippen LogP contribution in [0.3, 0.4) is 0 Å². The molecule has 7 nitrogen and oxygen atoms in total. The molecular weight excluding hydrogens is 358 g/mol. The van der Waals surface area contributed by atoms with Gasteiger partial charge in [-0.15, -0.1) is 0 Å². The molecule has 3 N–H and O–H groups in total. The molecule has 0 aliphatic rings. The van der Waals surface area contributed by atoms with E-state index in [1.54, 1.807) is 19.1 Å². The van der Waals surface area contributed by atoms with Crippen LogP contribution in [0.15, 0.2) is 54.6 Å². The standard InChI is InChI=1S/C21H25N3O4/c1-15-8-10-18(11-9-15)28-16(2)21(27)24-23-20(26)13-12-19(25)22-14-17-6-4-3-5-7-17/h3-11,16H,12-14H2,1-2H3,(H,22,25)(H,23,26)(H,24,27)/t16-/m0/s1. The van der Waals surface area contributed by atoms with Gasteiger partial charge in [-0.2, -0.15) is 0 Å². The Balaban J connectivity index is 1.63. The number of aryl methyl sites for hydroxylation is 1. The number of benzene rings is 2. The molecule has 0 spiro atoms. The number of hydrogen-bond donors (Lipinski definition) is 3. The number of carbonyl (C=O) groups excluding carboxylic acids is 3. The quantitative estimate of drug-likeness (QED) is 0.608. The zero-order valence-electron chi connectivity index (χ0n) is 16.0. The summed E-state index contributed by atoms with van der Waals surface area (Å²) in [6.07, 6.45) is -0.782. The fourth-order valence-corrected chi connectivity index (χ4v) is 2.28. The molecule has 0 heterocycles. The monoisotopic (exact) mass is 383 g/mol. The Labute approximate surface area is 164 Å². The Morgan fingerprint density at radius 2 is 1.54 bits per heavy atom. The summed E-state index contributed by atoms with van der Waals surface area (Å²) in [5.41, 5.74) is 6.66. The number of nitrogens with one attached hydrogen (secondary N) is 3. The van der Waals surface area contributed by atoms with E-state index in [2.05, 4.69) is 16.2 Å². The van der Waals surface area contributed by atoms with Gasteiger partial charge >= 0.3 is 0 Å². The van der Waals surface area contributed by atoms with E-state index in [1.165, 1.54) is 0 Å². The lowest BCUT2D eigenvalue weighted by Gasteiger charge is -2.15. The Hall–Kier alpha value is -3.35. The first-order valence-corrected chi connectivity index (χ1v) is 9.06. The third kappa shape index (κ3) is 7.49. The van der Waals surface area contributed by atoms with E-state index in [0.717, 1.165) is 11.1 Å². The van der Waals surface area contributed by atoms with Crippen molar-refractivity contribution < 1.29 is 19.1 Å². The zero-order valence-corrected chi connectivity index (χ0v) is 16.0. The minimum Gasteiger partial charge on any atom is -0.481 e. The van der Waals surface area contributed by atoms with E-state index in [0.29, 0.717) is 12.3 Å². The van der Waals surface area contributed by atoms with Gasteiger partial charge in [-0.3, -0.25) is 25.2 Å². The SMILES string of the molecule is Cc1ccc(O[C@@H](C)C(=O)NNC(=O)CCC(=O)NCc2ccccc2)cc1. The van der Waals surface area contributed by atoms with Crippen molar-refractivity contribution in [1.82, 2.24) is 16.2 Å². The van der Waals surface area contributed by atoms with Crippen molar-refractivity contribution in [3.8, 4) is 5.75 Å². The summed E-state index contributed by atoms with van der Waals surface area (Å²) < 4.78 is 5.51. The third-order valence-electron chi connectivity index (χ3n) is 3.94. The Morgan fingerprint density at radius 1 is 0.893 bits per heavy atom. The van der Waals surface area contributed by atoms with Crippen LogP contribution >= 0.6 is 0 Å². The number of ether oxygens (including phenoxy) is 1. The van der Waals surface area contributed by atoms with Gasteiger partial charge in [-0.05, 0) is 31.5 Å². The fraction of sp³-hybridized carbons (Fsp3) is 0.286. The van der Waals surface area contributed by atoms with Crippen LogP contribution in [0.4, 0.5) is 0 Å². The van der Waals surface area contributed by atoms with Gasteiger partial charge in [0.05, 0.1) is 0 Å². The molecule has 0 aliphatic carbocycles. The maximum atomic E-state index is 12.0. The van der Waals surface area contributed by atoms with Crippen molar-refractivity contribution in [2.45, 2.75) is 39.3 Å². The van der Waals surface area contributed by atoms with Gasteiger partial charge in [0, 0.05) is 19.4 Å². The van der Waals surface area contributed by atoms with Crippen molar-refractivity contribution in [3.05, 3.63) is 65.7 Å². The number of hydrazine groups is 1. The van der Waals surface area contributed by atoms with E-state index in [1.807, 2.05) is 49.4 Å². The molecule has 0 fully saturated rings. The average Bonchev–Trinajstić information content (AvgIpc) is 2.71. The van der Waals surface area contributed by atoms with Gasteiger partial charge in [0.15, 0.2) is 6.10 Å². The lowest BCUT2D eigenvalue weighted by Crippen LogP contribution is -2.47. The van der Waals surface area contributed by atoms with Crippen LogP contribution in [0.2, 0.25) is 0 Å². The van der Waals surface area contributed by atoms with Crippen molar-refractivity contribution in [1.29, 1.82) is 0 Å². The summed E-state index contributed by atoms with van der Waals surface area (Å²) >= 11 is 0. The molecule has 1 atom stereocenters. The van der Waals surface area contributed by atoms with Crippen LogP contribution in [0.1, 0.15) is 30.9 Å². The second-order valence-electron chi connectivity index (χ2n) is 6.37. The van der Waals surface area contributed by atoms with Crippen molar-refractivity contribution in [3.63, 3.8) is 0 Å². The number of rotatable bonds is 8. The van der Waals surface area contributed by atoms with Crippen LogP contribution in [0, 0.1) is 6.92 Å². The Bertz CT molecular complexity index is 791. The highest BCUT2D eigenvalue weighted by Gasteiger charge is 2.15. The van der Waals surface area contributed by atoms with Crippen LogP contribution < -0.4 is 20.9 Å². The van der Waals surface area contributed by atoms with Gasteiger partial charge in [0.1, 0.15) is 5.75 Å². The van der Waals surface area contributed by atoms with E-state index in [4.69, 9.17) is 4.74 Å². The lowest BCUT2D eigenvalue weighted by atomic mass is 10.2. The molecule has 28 heavy (non-hydrogen) atoms. The summed E-state index contributed by atoms with van der Waals surface area (Å²) in [4.78, 5) is 35.6. The molecule has 2 aromatic carbocycles. The lowest BCUT2D eigenvalue weighted by molar-refractivity contribution is -0.133. The van der Waals surface area contributed by atoms with Crippen LogP contribution in [0.5, 0.6) is 5.75 Å². The van der Waals surface area contributed by atoms with E-state index in [9.17, 15) is 14.4 Å². The predicted molar refractivity (Wildman–Crippen MR) is 105 cm³/mol. The molecule has 148 valence electrons. The first kappa shape index (κ1) is 21.0. The van der Waals surface area contributed by atoms with Crippen LogP contribution in [-0.2, 0) is 20.9 Å². The van der Waals surface area contributed by atoms with E-state index >= 15 is 0 Å². The minimum absolute atomic E-state index is 0.0317. The first-order chi connectivity index (χ1) is 13.4. The van der Waals surface area contributed by atoms with E-state index in [-0.39, 0.29) is 18.7 Å². The normalized spacial score (nSPS) is 11.2. The summed E-state index contributed by atoms with van der Waals surface area (Å²) in [5, 5.41) is 2.74. The van der Waals surface area contributed by atoms with Gasteiger partial charge in [0.25, 0.3) is 5.91 Å². The molecule has 0 bridgehead atoms. The zero-order chi connectivity index (χ0) is 20.4. The Kier molecular flexibility index (Phi) is 8.02. The maximum Gasteiger partial charge on any atom is 0.279 e. The molecule has 0 aliphatic heterocycles. The molecule has 0 unspecified atom stereocenters. The van der Waals surface area contributed by atoms with Crippen LogP contribution in [0.25, 0.3) is 0 Å². The number of amides is 3. The fourth-order valence-electron chi connectivity index (χ4n) is 2.28.